The molecule has 0 unspecified atom stereocenters. The molecule has 0 aliphatic carbocycles. The van der Waals surface area contributed by atoms with Gasteiger partial charge in [-0.3, -0.25) is 4.79 Å². The number of methoxy groups -OCH3 is 2. The van der Waals surface area contributed by atoms with E-state index in [0.29, 0.717) is 5.56 Å². The lowest BCUT2D eigenvalue weighted by molar-refractivity contribution is -0.167. The Bertz CT molecular complexity index is 2120. The van der Waals surface area contributed by atoms with E-state index in [-0.39, 0.29) is 40.8 Å². The lowest BCUT2D eigenvalue weighted by Crippen LogP contribution is -2.33. The zero-order valence-corrected chi connectivity index (χ0v) is 28.5. The fourth-order valence-corrected chi connectivity index (χ4v) is 5.74. The third-order valence-electron chi connectivity index (χ3n) is 8.42. The SMILES string of the molecule is COC(=O)[C@@H](Cc1ccc(O)c(O)c1)OC(=O)/C=C/c1ccc(O)c2c1[C@H](C(=O)O[C@H](Cc1ccc(O)c(O)c1)C(=O)OC)[C@@H](c1ccc(O)c(O)c1)O2. The van der Waals surface area contributed by atoms with Gasteiger partial charge in [0.15, 0.2) is 46.0 Å². The molecule has 1 aliphatic rings. The number of carbonyl (C=O) groups excluding carboxylic acids is 4. The van der Waals surface area contributed by atoms with E-state index in [2.05, 4.69) is 0 Å². The third kappa shape index (κ3) is 8.33. The Kier molecular flexibility index (Phi) is 11.3. The van der Waals surface area contributed by atoms with Crippen LogP contribution in [-0.2, 0) is 51.0 Å². The van der Waals surface area contributed by atoms with Crippen LogP contribution < -0.4 is 4.74 Å². The van der Waals surface area contributed by atoms with Gasteiger partial charge in [0, 0.05) is 24.5 Å². The molecule has 4 aromatic carbocycles. The lowest BCUT2D eigenvalue weighted by Gasteiger charge is -2.22. The van der Waals surface area contributed by atoms with E-state index in [0.717, 1.165) is 38.5 Å². The van der Waals surface area contributed by atoms with Gasteiger partial charge in [-0.25, -0.2) is 14.4 Å². The highest BCUT2D eigenvalue weighted by atomic mass is 16.6. The number of phenolic OH excluding ortho intramolecular Hbond substituents is 7. The van der Waals surface area contributed by atoms with Crippen LogP contribution in [0, 0.1) is 0 Å². The Hall–Kier alpha value is -7.10. The Morgan fingerprint density at radius 1 is 0.648 bits per heavy atom. The van der Waals surface area contributed by atoms with Gasteiger partial charge in [-0.2, -0.15) is 0 Å². The van der Waals surface area contributed by atoms with Gasteiger partial charge < -0.3 is 59.4 Å². The summed E-state index contributed by atoms with van der Waals surface area (Å²) in [7, 11) is 2.14. The Balaban J connectivity index is 1.49. The second-order valence-corrected chi connectivity index (χ2v) is 12.0. The fraction of sp³-hybridized carbons (Fsp3) is 0.211. The summed E-state index contributed by atoms with van der Waals surface area (Å²) in [5.74, 6) is -9.00. The van der Waals surface area contributed by atoms with Gasteiger partial charge in [0.05, 0.1) is 14.2 Å². The summed E-state index contributed by atoms with van der Waals surface area (Å²) >= 11 is 0. The first kappa shape index (κ1) is 38.1. The van der Waals surface area contributed by atoms with E-state index < -0.39 is 88.4 Å². The normalized spacial score (nSPS) is 15.7. The van der Waals surface area contributed by atoms with Gasteiger partial charge in [-0.05, 0) is 70.8 Å². The highest BCUT2D eigenvalue weighted by Crippen LogP contribution is 2.53. The molecule has 0 saturated carbocycles. The van der Waals surface area contributed by atoms with Crippen molar-refractivity contribution in [1.82, 2.24) is 0 Å². The molecule has 282 valence electrons. The minimum Gasteiger partial charge on any atom is -0.504 e. The second-order valence-electron chi connectivity index (χ2n) is 12.0. The number of esters is 4. The van der Waals surface area contributed by atoms with E-state index in [1.54, 1.807) is 0 Å². The van der Waals surface area contributed by atoms with Crippen LogP contribution >= 0.6 is 0 Å². The van der Waals surface area contributed by atoms with Gasteiger partial charge in [-0.15, -0.1) is 0 Å². The molecule has 0 radical (unpaired) electrons. The number of ether oxygens (including phenoxy) is 5. The minimum atomic E-state index is -1.60. The Labute approximate surface area is 306 Å². The Morgan fingerprint density at radius 2 is 1.15 bits per heavy atom. The molecule has 0 saturated heterocycles. The van der Waals surface area contributed by atoms with E-state index in [4.69, 9.17) is 23.7 Å². The largest absolute Gasteiger partial charge is 0.504 e. The predicted octanol–water partition coefficient (Wildman–Crippen LogP) is 3.51. The summed E-state index contributed by atoms with van der Waals surface area (Å²) in [6.07, 6.45) is -2.82. The number of hydrogen-bond donors (Lipinski definition) is 7. The number of fused-ring (bicyclic) bond motifs is 1. The van der Waals surface area contributed by atoms with Crippen molar-refractivity contribution in [2.75, 3.05) is 14.2 Å². The molecular formula is C38H34O16. The summed E-state index contributed by atoms with van der Waals surface area (Å²) in [6.45, 7) is 0. The molecule has 54 heavy (non-hydrogen) atoms. The second kappa shape index (κ2) is 16.1. The topological polar surface area (TPSA) is 256 Å². The van der Waals surface area contributed by atoms with Gasteiger partial charge in [0.1, 0.15) is 12.0 Å². The van der Waals surface area contributed by atoms with E-state index in [9.17, 15) is 54.9 Å². The standard InChI is InChI=1S/C38H34O16/c1-50-36(47)29(15-18-3-8-22(39)26(43)13-18)52-31(46)12-7-20-5-11-25(42)35-32(20)33(34(54-35)21-6-10-24(41)28(45)17-21)38(49)53-30(37(48)51-2)16-19-4-9-23(40)27(44)14-19/h3-14,17,29-30,33-34,39-45H,15-16H2,1-2H3/b12-7+/t29-,30-,33+,34-/m1/s1. The Morgan fingerprint density at radius 3 is 1.67 bits per heavy atom. The summed E-state index contributed by atoms with van der Waals surface area (Å²) in [5.41, 5.74) is 0.839. The van der Waals surface area contributed by atoms with Crippen molar-refractivity contribution in [3.63, 3.8) is 0 Å². The van der Waals surface area contributed by atoms with E-state index >= 15 is 0 Å². The van der Waals surface area contributed by atoms with Crippen molar-refractivity contribution in [1.29, 1.82) is 0 Å². The van der Waals surface area contributed by atoms with Crippen molar-refractivity contribution >= 4 is 30.0 Å². The van der Waals surface area contributed by atoms with Gasteiger partial charge >= 0.3 is 23.9 Å². The maximum absolute atomic E-state index is 14.2. The minimum absolute atomic E-state index is 0.0170. The summed E-state index contributed by atoms with van der Waals surface area (Å²) < 4.78 is 26.7. The molecule has 0 bridgehead atoms. The van der Waals surface area contributed by atoms with E-state index in [1.165, 1.54) is 54.6 Å². The van der Waals surface area contributed by atoms with Crippen LogP contribution in [0.3, 0.4) is 0 Å². The quantitative estimate of drug-likeness (QED) is 0.0474. The first-order valence-corrected chi connectivity index (χ1v) is 16.0. The van der Waals surface area contributed by atoms with Crippen molar-refractivity contribution < 1.29 is 78.6 Å². The first-order valence-electron chi connectivity index (χ1n) is 16.0. The number of benzene rings is 4. The smallest absolute Gasteiger partial charge is 0.347 e. The highest BCUT2D eigenvalue weighted by molar-refractivity contribution is 5.92. The number of aromatic hydroxyl groups is 7. The van der Waals surface area contributed by atoms with Crippen molar-refractivity contribution in [2.45, 2.75) is 37.1 Å². The number of phenols is 7. The van der Waals surface area contributed by atoms with Crippen molar-refractivity contribution in [2.24, 2.45) is 0 Å². The zero-order valence-electron chi connectivity index (χ0n) is 28.5. The molecule has 1 heterocycles. The molecule has 4 aromatic rings. The van der Waals surface area contributed by atoms with Crippen molar-refractivity contribution in [3.8, 4) is 46.0 Å². The third-order valence-corrected chi connectivity index (χ3v) is 8.42. The molecule has 4 atom stereocenters. The van der Waals surface area contributed by atoms with Crippen LogP contribution in [0.1, 0.15) is 39.8 Å². The summed E-state index contributed by atoms with van der Waals surface area (Å²) in [4.78, 5) is 52.5. The lowest BCUT2D eigenvalue weighted by atomic mass is 9.87. The molecule has 16 nitrogen and oxygen atoms in total. The molecule has 0 amide bonds. The molecule has 16 heteroatoms. The van der Waals surface area contributed by atoms with Gasteiger partial charge in [-0.1, -0.05) is 24.3 Å². The van der Waals surface area contributed by atoms with Crippen LogP contribution in [0.4, 0.5) is 0 Å². The molecule has 1 aliphatic heterocycles. The number of rotatable bonds is 12. The average Bonchev–Trinajstić information content (AvgIpc) is 3.56. The zero-order chi connectivity index (χ0) is 39.3. The maximum atomic E-state index is 14.2. The number of hydrogen-bond acceptors (Lipinski definition) is 16. The molecule has 0 aromatic heterocycles. The van der Waals surface area contributed by atoms with Crippen LogP contribution in [-0.4, -0.2) is 86.1 Å². The summed E-state index contributed by atoms with van der Waals surface area (Å²) in [6, 6.07) is 13.6. The molecule has 7 N–H and O–H groups in total. The number of carbonyl (C=O) groups is 4. The highest BCUT2D eigenvalue weighted by Gasteiger charge is 2.46. The average molecular weight is 747 g/mol. The van der Waals surface area contributed by atoms with Gasteiger partial charge in [0.2, 0.25) is 12.2 Å². The van der Waals surface area contributed by atoms with Crippen LogP contribution in [0.15, 0.2) is 72.8 Å². The monoisotopic (exact) mass is 746 g/mol. The molecular weight excluding hydrogens is 712 g/mol. The van der Waals surface area contributed by atoms with E-state index in [1.807, 2.05) is 0 Å². The summed E-state index contributed by atoms with van der Waals surface area (Å²) in [5, 5.41) is 70.2. The fourth-order valence-electron chi connectivity index (χ4n) is 5.74. The van der Waals surface area contributed by atoms with Crippen LogP contribution in [0.2, 0.25) is 0 Å². The van der Waals surface area contributed by atoms with Crippen LogP contribution in [0.25, 0.3) is 6.08 Å². The molecule has 0 spiro atoms. The molecule has 0 fully saturated rings. The predicted molar refractivity (Wildman–Crippen MR) is 184 cm³/mol. The first-order chi connectivity index (χ1) is 25.7. The maximum Gasteiger partial charge on any atom is 0.347 e. The van der Waals surface area contributed by atoms with Crippen molar-refractivity contribution in [3.05, 3.63) is 101 Å². The molecule has 5 rings (SSSR count). The van der Waals surface area contributed by atoms with Crippen LogP contribution in [0.5, 0.6) is 46.0 Å². The van der Waals surface area contributed by atoms with Gasteiger partial charge in [0.25, 0.3) is 0 Å².